The van der Waals surface area contributed by atoms with Gasteiger partial charge < -0.3 is 5.11 Å². The van der Waals surface area contributed by atoms with Crippen molar-refractivity contribution in [2.45, 2.75) is 12.3 Å². The molecule has 20 heavy (non-hydrogen) atoms. The summed E-state index contributed by atoms with van der Waals surface area (Å²) in [5.41, 5.74) is 0.903. The van der Waals surface area contributed by atoms with Gasteiger partial charge in [0.15, 0.2) is 0 Å². The molecule has 0 fully saturated rings. The molecule has 2 aromatic carbocycles. The van der Waals surface area contributed by atoms with E-state index in [2.05, 4.69) is 15.9 Å². The first-order chi connectivity index (χ1) is 9.49. The van der Waals surface area contributed by atoms with E-state index in [0.717, 1.165) is 0 Å². The molecule has 104 valence electrons. The molecule has 5 heteroatoms. The minimum atomic E-state index is -1.00. The predicted molar refractivity (Wildman–Crippen MR) is 79.6 cm³/mol. The third-order valence-electron chi connectivity index (χ3n) is 3.01. The molecule has 0 heterocycles. The lowest BCUT2D eigenvalue weighted by Gasteiger charge is -2.15. The highest BCUT2D eigenvalue weighted by Gasteiger charge is 2.23. The summed E-state index contributed by atoms with van der Waals surface area (Å²) >= 11 is 9.16. The van der Waals surface area contributed by atoms with Gasteiger partial charge in [0.25, 0.3) is 0 Å². The summed E-state index contributed by atoms with van der Waals surface area (Å²) in [6.07, 6.45) is 0.0460. The van der Waals surface area contributed by atoms with Crippen LogP contribution in [0.15, 0.2) is 46.9 Å². The topological polar surface area (TPSA) is 37.3 Å². The van der Waals surface area contributed by atoms with Crippen LogP contribution in [0.1, 0.15) is 17.0 Å². The number of hydrogen-bond donors (Lipinski definition) is 1. The van der Waals surface area contributed by atoms with Crippen LogP contribution in [0.4, 0.5) is 4.39 Å². The molecule has 0 bridgehead atoms. The van der Waals surface area contributed by atoms with Gasteiger partial charge in [0.1, 0.15) is 5.82 Å². The monoisotopic (exact) mass is 356 g/mol. The quantitative estimate of drug-likeness (QED) is 0.864. The maximum Gasteiger partial charge on any atom is 0.311 e. The molecule has 0 aromatic heterocycles. The first kappa shape index (κ1) is 15.0. The van der Waals surface area contributed by atoms with Crippen molar-refractivity contribution >= 4 is 33.5 Å². The van der Waals surface area contributed by atoms with E-state index >= 15 is 0 Å². The Kier molecular flexibility index (Phi) is 4.78. The third-order valence-corrected chi connectivity index (χ3v) is 3.97. The smallest absolute Gasteiger partial charge is 0.311 e. The van der Waals surface area contributed by atoms with Crippen LogP contribution < -0.4 is 0 Å². The molecule has 2 nitrogen and oxygen atoms in total. The van der Waals surface area contributed by atoms with Gasteiger partial charge in [-0.05, 0) is 41.8 Å². The number of benzene rings is 2. The standard InChI is InChI=1S/C15H11BrClFO2/c16-13-4-2-1-3-11(13)12(15(19)20)8-9-7-10(17)5-6-14(9)18/h1-7,12H,8H2,(H,19,20). The van der Waals surface area contributed by atoms with Crippen molar-refractivity contribution in [1.29, 1.82) is 0 Å². The molecule has 0 saturated carbocycles. The van der Waals surface area contributed by atoms with Crippen molar-refractivity contribution in [1.82, 2.24) is 0 Å². The third kappa shape index (κ3) is 3.38. The molecule has 0 amide bonds. The molecule has 0 aliphatic carbocycles. The largest absolute Gasteiger partial charge is 0.481 e. The van der Waals surface area contributed by atoms with Gasteiger partial charge in [0.05, 0.1) is 5.92 Å². The fraction of sp³-hybridized carbons (Fsp3) is 0.133. The maximum atomic E-state index is 13.7. The summed E-state index contributed by atoms with van der Waals surface area (Å²) in [6.45, 7) is 0. The Morgan fingerprint density at radius 2 is 2.00 bits per heavy atom. The number of halogens is 3. The normalized spacial score (nSPS) is 12.2. The zero-order valence-corrected chi connectivity index (χ0v) is 12.7. The van der Waals surface area contributed by atoms with E-state index in [-0.39, 0.29) is 6.42 Å². The number of carboxylic acids is 1. The number of aliphatic carboxylic acids is 1. The van der Waals surface area contributed by atoms with Gasteiger partial charge in [-0.25, -0.2) is 4.39 Å². The maximum absolute atomic E-state index is 13.7. The summed E-state index contributed by atoms with van der Waals surface area (Å²) in [7, 11) is 0. The Bertz CT molecular complexity index is 646. The van der Waals surface area contributed by atoms with Gasteiger partial charge >= 0.3 is 5.97 Å². The van der Waals surface area contributed by atoms with Crippen molar-refractivity contribution in [2.75, 3.05) is 0 Å². The van der Waals surface area contributed by atoms with E-state index in [9.17, 15) is 14.3 Å². The molecule has 0 radical (unpaired) electrons. The second-order valence-corrected chi connectivity index (χ2v) is 5.64. The fourth-order valence-corrected chi connectivity index (χ4v) is 2.76. The fourth-order valence-electron chi connectivity index (χ4n) is 2.01. The molecule has 2 aromatic rings. The number of hydrogen-bond acceptors (Lipinski definition) is 1. The molecule has 0 saturated heterocycles. The first-order valence-electron chi connectivity index (χ1n) is 5.90. The lowest BCUT2D eigenvalue weighted by Crippen LogP contribution is -2.15. The highest BCUT2D eigenvalue weighted by Crippen LogP contribution is 2.29. The average Bonchev–Trinajstić information content (AvgIpc) is 2.40. The second-order valence-electron chi connectivity index (χ2n) is 4.35. The van der Waals surface area contributed by atoms with Gasteiger partial charge in [-0.2, -0.15) is 0 Å². The Balaban J connectivity index is 2.38. The summed E-state index contributed by atoms with van der Waals surface area (Å²) < 4.78 is 14.4. The zero-order valence-electron chi connectivity index (χ0n) is 10.3. The van der Waals surface area contributed by atoms with Crippen molar-refractivity contribution in [2.24, 2.45) is 0 Å². The predicted octanol–water partition coefficient (Wildman–Crippen LogP) is 4.65. The zero-order chi connectivity index (χ0) is 14.7. The summed E-state index contributed by atoms with van der Waals surface area (Å²) in [4.78, 5) is 11.5. The van der Waals surface area contributed by atoms with Crippen LogP contribution in [0, 0.1) is 5.82 Å². The lowest BCUT2D eigenvalue weighted by atomic mass is 9.92. The van der Waals surface area contributed by atoms with Crippen LogP contribution in [0.2, 0.25) is 5.02 Å². The van der Waals surface area contributed by atoms with Gasteiger partial charge in [-0.15, -0.1) is 0 Å². The highest BCUT2D eigenvalue weighted by atomic mass is 79.9. The lowest BCUT2D eigenvalue weighted by molar-refractivity contribution is -0.138. The van der Waals surface area contributed by atoms with Crippen molar-refractivity contribution in [3.63, 3.8) is 0 Å². The van der Waals surface area contributed by atoms with Gasteiger partial charge in [0.2, 0.25) is 0 Å². The van der Waals surface area contributed by atoms with Crippen LogP contribution in [-0.4, -0.2) is 11.1 Å². The van der Waals surface area contributed by atoms with Crippen LogP contribution in [-0.2, 0) is 11.2 Å². The summed E-state index contributed by atoms with van der Waals surface area (Å²) in [6, 6.07) is 11.2. The Hall–Kier alpha value is -1.39. The number of carbonyl (C=O) groups is 1. The Labute approximate surface area is 129 Å². The second kappa shape index (κ2) is 6.37. The van der Waals surface area contributed by atoms with E-state index < -0.39 is 17.7 Å². The van der Waals surface area contributed by atoms with E-state index in [1.165, 1.54) is 18.2 Å². The molecule has 0 aliphatic heterocycles. The van der Waals surface area contributed by atoms with E-state index in [1.807, 2.05) is 0 Å². The summed E-state index contributed by atoms with van der Waals surface area (Å²) in [5.74, 6) is -2.29. The molecule has 1 N–H and O–H groups in total. The molecule has 1 atom stereocenters. The van der Waals surface area contributed by atoms with E-state index in [0.29, 0.717) is 20.6 Å². The molecular weight excluding hydrogens is 347 g/mol. The van der Waals surface area contributed by atoms with Gasteiger partial charge in [0, 0.05) is 9.50 Å². The minimum Gasteiger partial charge on any atom is -0.481 e. The van der Waals surface area contributed by atoms with Crippen LogP contribution in [0.5, 0.6) is 0 Å². The molecular formula is C15H11BrClFO2. The molecule has 0 aliphatic rings. The molecule has 1 unspecified atom stereocenters. The Morgan fingerprint density at radius 1 is 1.30 bits per heavy atom. The highest BCUT2D eigenvalue weighted by molar-refractivity contribution is 9.10. The van der Waals surface area contributed by atoms with E-state index in [4.69, 9.17) is 11.6 Å². The van der Waals surface area contributed by atoms with Crippen molar-refractivity contribution < 1.29 is 14.3 Å². The molecule has 0 spiro atoms. The minimum absolute atomic E-state index is 0.0460. The van der Waals surface area contributed by atoms with Crippen LogP contribution >= 0.6 is 27.5 Å². The number of carboxylic acid groups (broad SMARTS) is 1. The number of rotatable bonds is 4. The van der Waals surface area contributed by atoms with Crippen LogP contribution in [0.25, 0.3) is 0 Å². The Morgan fingerprint density at radius 3 is 2.65 bits per heavy atom. The average molecular weight is 358 g/mol. The van der Waals surface area contributed by atoms with Crippen LogP contribution in [0.3, 0.4) is 0 Å². The van der Waals surface area contributed by atoms with Crippen molar-refractivity contribution in [3.8, 4) is 0 Å². The van der Waals surface area contributed by atoms with Gasteiger partial charge in [-0.1, -0.05) is 45.7 Å². The molecule has 2 rings (SSSR count). The first-order valence-corrected chi connectivity index (χ1v) is 7.07. The van der Waals surface area contributed by atoms with E-state index in [1.54, 1.807) is 24.3 Å². The van der Waals surface area contributed by atoms with Crippen molar-refractivity contribution in [3.05, 3.63) is 68.9 Å². The SMILES string of the molecule is O=C(O)C(Cc1cc(Cl)ccc1F)c1ccccc1Br. The summed E-state index contributed by atoms with van der Waals surface area (Å²) in [5, 5.41) is 9.78. The van der Waals surface area contributed by atoms with Gasteiger partial charge in [-0.3, -0.25) is 4.79 Å².